The molecular weight excluding hydrogens is 140 g/mol. The summed E-state index contributed by atoms with van der Waals surface area (Å²) >= 11 is 0. The lowest BCUT2D eigenvalue weighted by Gasteiger charge is -2.31. The van der Waals surface area contributed by atoms with E-state index in [1.165, 1.54) is 0 Å². The lowest BCUT2D eigenvalue weighted by atomic mass is 10.1. The monoisotopic (exact) mass is 150 g/mol. The number of hydrogen-bond acceptors (Lipinski definition) is 5. The van der Waals surface area contributed by atoms with Gasteiger partial charge in [-0.15, -0.1) is 0 Å². The Bertz CT molecular complexity index is 105. The molecule has 0 spiro atoms. The highest BCUT2D eigenvalue weighted by atomic mass is 16.7. The second-order valence-electron chi connectivity index (χ2n) is 2.27. The highest BCUT2D eigenvalue weighted by molar-refractivity contribution is 4.75. The minimum Gasteiger partial charge on any atom is -0.390 e. The largest absolute Gasteiger partial charge is 0.390 e. The Morgan fingerprint density at radius 3 is 2.20 bits per heavy atom. The van der Waals surface area contributed by atoms with Crippen LogP contribution in [0.2, 0.25) is 0 Å². The quantitative estimate of drug-likeness (QED) is 0.313. The second kappa shape index (κ2) is 2.81. The summed E-state index contributed by atoms with van der Waals surface area (Å²) < 4.78 is 4.37. The molecule has 5 nitrogen and oxygen atoms in total. The van der Waals surface area contributed by atoms with Gasteiger partial charge < -0.3 is 25.2 Å². The topological polar surface area (TPSA) is 90.2 Å². The van der Waals surface area contributed by atoms with Crippen LogP contribution in [0.1, 0.15) is 6.42 Å². The Labute approximate surface area is 57.5 Å². The van der Waals surface area contributed by atoms with Gasteiger partial charge in [-0.25, -0.2) is 0 Å². The minimum atomic E-state index is -1.49. The summed E-state index contributed by atoms with van der Waals surface area (Å²) in [6.07, 6.45) is -5.17. The Hall–Kier alpha value is -0.200. The Balaban J connectivity index is 2.49. The average molecular weight is 150 g/mol. The van der Waals surface area contributed by atoms with Gasteiger partial charge in [0.25, 0.3) is 0 Å². The molecule has 5 heteroatoms. The van der Waals surface area contributed by atoms with Gasteiger partial charge in [0.05, 0.1) is 6.10 Å². The molecule has 1 rings (SSSR count). The molecule has 1 heterocycles. The van der Waals surface area contributed by atoms with Crippen LogP contribution < -0.4 is 0 Å². The molecule has 0 bridgehead atoms. The summed E-state index contributed by atoms with van der Waals surface area (Å²) in [6.45, 7) is 0. The number of ether oxygens (including phenoxy) is 1. The predicted molar refractivity (Wildman–Crippen MR) is 29.7 cm³/mol. The standard InChI is InChI=1S/C5H10O5/c6-2-1-3(7)10-5(9)4(2)8/h2-9H,1H2. The van der Waals surface area contributed by atoms with E-state index in [9.17, 15) is 0 Å². The van der Waals surface area contributed by atoms with Crippen LogP contribution in [0.4, 0.5) is 0 Å². The van der Waals surface area contributed by atoms with Crippen LogP contribution in [0.5, 0.6) is 0 Å². The molecule has 1 aliphatic rings. The first-order chi connectivity index (χ1) is 4.61. The van der Waals surface area contributed by atoms with Crippen molar-refractivity contribution in [3.05, 3.63) is 0 Å². The van der Waals surface area contributed by atoms with Gasteiger partial charge in [0.2, 0.25) is 0 Å². The van der Waals surface area contributed by atoms with E-state index in [0.717, 1.165) is 0 Å². The molecule has 1 fully saturated rings. The maximum atomic E-state index is 8.87. The minimum absolute atomic E-state index is 0.0712. The Morgan fingerprint density at radius 2 is 1.70 bits per heavy atom. The Morgan fingerprint density at radius 1 is 1.10 bits per heavy atom. The molecule has 0 aromatic heterocycles. The molecule has 0 aromatic rings. The van der Waals surface area contributed by atoms with Crippen molar-refractivity contribution < 1.29 is 25.2 Å². The first kappa shape index (κ1) is 7.90. The van der Waals surface area contributed by atoms with Crippen LogP contribution in [0, 0.1) is 0 Å². The summed E-state index contributed by atoms with van der Waals surface area (Å²) in [5.41, 5.74) is 0. The van der Waals surface area contributed by atoms with Gasteiger partial charge in [-0.1, -0.05) is 0 Å². The summed E-state index contributed by atoms with van der Waals surface area (Å²) in [6, 6.07) is 0. The van der Waals surface area contributed by atoms with Crippen molar-refractivity contribution in [1.29, 1.82) is 0 Å². The van der Waals surface area contributed by atoms with E-state index in [1.54, 1.807) is 0 Å². The van der Waals surface area contributed by atoms with E-state index in [4.69, 9.17) is 20.4 Å². The van der Waals surface area contributed by atoms with Gasteiger partial charge in [0.1, 0.15) is 6.10 Å². The van der Waals surface area contributed by atoms with Crippen LogP contribution in [-0.2, 0) is 4.74 Å². The fourth-order valence-corrected chi connectivity index (χ4v) is 0.833. The van der Waals surface area contributed by atoms with E-state index in [2.05, 4.69) is 4.74 Å². The fraction of sp³-hybridized carbons (Fsp3) is 1.00. The first-order valence-corrected chi connectivity index (χ1v) is 2.99. The third-order valence-corrected chi connectivity index (χ3v) is 1.43. The SMILES string of the molecule is OC1CC(O)C(O)C(O)O1. The molecule has 0 amide bonds. The number of rotatable bonds is 0. The molecule has 10 heavy (non-hydrogen) atoms. The van der Waals surface area contributed by atoms with Crippen molar-refractivity contribution in [2.24, 2.45) is 0 Å². The molecule has 0 aromatic carbocycles. The van der Waals surface area contributed by atoms with Crippen LogP contribution >= 0.6 is 0 Å². The lowest BCUT2D eigenvalue weighted by Crippen LogP contribution is -2.47. The molecule has 0 aliphatic carbocycles. The van der Waals surface area contributed by atoms with Crippen molar-refractivity contribution >= 4 is 0 Å². The average Bonchev–Trinajstić information content (AvgIpc) is 1.82. The summed E-state index contributed by atoms with van der Waals surface area (Å²) in [5.74, 6) is 0. The molecule has 0 saturated carbocycles. The van der Waals surface area contributed by atoms with Gasteiger partial charge in [0, 0.05) is 6.42 Å². The zero-order chi connectivity index (χ0) is 7.72. The number of hydrogen-bond donors (Lipinski definition) is 4. The summed E-state index contributed by atoms with van der Waals surface area (Å²) in [4.78, 5) is 0. The normalized spacial score (nSPS) is 49.2. The van der Waals surface area contributed by atoms with E-state index in [0.29, 0.717) is 0 Å². The molecule has 60 valence electrons. The second-order valence-corrected chi connectivity index (χ2v) is 2.27. The van der Waals surface area contributed by atoms with Crippen molar-refractivity contribution in [3.8, 4) is 0 Å². The van der Waals surface area contributed by atoms with Gasteiger partial charge in [-0.2, -0.15) is 0 Å². The molecule has 4 unspecified atom stereocenters. The highest BCUT2D eigenvalue weighted by Gasteiger charge is 2.34. The lowest BCUT2D eigenvalue weighted by molar-refractivity contribution is -0.293. The van der Waals surface area contributed by atoms with Crippen molar-refractivity contribution in [3.63, 3.8) is 0 Å². The molecule has 4 N–H and O–H groups in total. The van der Waals surface area contributed by atoms with Crippen LogP contribution in [0.3, 0.4) is 0 Å². The van der Waals surface area contributed by atoms with E-state index < -0.39 is 24.8 Å². The summed E-state index contributed by atoms with van der Waals surface area (Å²) in [5, 5.41) is 35.1. The van der Waals surface area contributed by atoms with Crippen molar-refractivity contribution in [1.82, 2.24) is 0 Å². The van der Waals surface area contributed by atoms with Gasteiger partial charge in [-0.05, 0) is 0 Å². The van der Waals surface area contributed by atoms with Gasteiger partial charge in [-0.3, -0.25) is 0 Å². The predicted octanol–water partition coefficient (Wildman–Crippen LogP) is -2.23. The van der Waals surface area contributed by atoms with Crippen molar-refractivity contribution in [2.75, 3.05) is 0 Å². The van der Waals surface area contributed by atoms with Crippen molar-refractivity contribution in [2.45, 2.75) is 31.2 Å². The maximum Gasteiger partial charge on any atom is 0.186 e. The maximum absolute atomic E-state index is 8.87. The molecule has 4 atom stereocenters. The molecule has 0 radical (unpaired) electrons. The number of aliphatic hydroxyl groups is 4. The van der Waals surface area contributed by atoms with Crippen LogP contribution in [0.15, 0.2) is 0 Å². The zero-order valence-electron chi connectivity index (χ0n) is 5.21. The van der Waals surface area contributed by atoms with Gasteiger partial charge >= 0.3 is 0 Å². The van der Waals surface area contributed by atoms with Crippen LogP contribution in [-0.4, -0.2) is 45.2 Å². The molecular formula is C5H10O5. The van der Waals surface area contributed by atoms with Crippen LogP contribution in [0.25, 0.3) is 0 Å². The van der Waals surface area contributed by atoms with E-state index in [-0.39, 0.29) is 6.42 Å². The molecule has 1 saturated heterocycles. The Kier molecular flexibility index (Phi) is 2.22. The van der Waals surface area contributed by atoms with E-state index >= 15 is 0 Å². The smallest absolute Gasteiger partial charge is 0.186 e. The first-order valence-electron chi connectivity index (χ1n) is 2.99. The zero-order valence-corrected chi connectivity index (χ0v) is 5.21. The van der Waals surface area contributed by atoms with E-state index in [1.807, 2.05) is 0 Å². The molecule has 1 aliphatic heterocycles. The summed E-state index contributed by atoms with van der Waals surface area (Å²) in [7, 11) is 0. The third kappa shape index (κ3) is 1.44. The third-order valence-electron chi connectivity index (χ3n) is 1.43. The number of aliphatic hydroxyl groups excluding tert-OH is 4. The van der Waals surface area contributed by atoms with Gasteiger partial charge in [0.15, 0.2) is 12.6 Å². The fourth-order valence-electron chi connectivity index (χ4n) is 0.833. The highest BCUT2D eigenvalue weighted by Crippen LogP contribution is 2.16.